The number of rotatable bonds is 3. The number of esters is 1. The van der Waals surface area contributed by atoms with Crippen LogP contribution in [0.15, 0.2) is 24.3 Å². The van der Waals surface area contributed by atoms with Crippen LogP contribution in [0.25, 0.3) is 0 Å². The van der Waals surface area contributed by atoms with Crippen LogP contribution in [0.1, 0.15) is 36.7 Å². The maximum Gasteiger partial charge on any atom is 0.338 e. The molecule has 0 aliphatic carbocycles. The van der Waals surface area contributed by atoms with Crippen molar-refractivity contribution in [3.05, 3.63) is 35.4 Å². The first-order chi connectivity index (χ1) is 7.42. The summed E-state index contributed by atoms with van der Waals surface area (Å²) in [7, 11) is 0. The van der Waals surface area contributed by atoms with Crippen LogP contribution in [-0.4, -0.2) is 23.3 Å². The van der Waals surface area contributed by atoms with Crippen molar-refractivity contribution in [1.82, 2.24) is 0 Å². The summed E-state index contributed by atoms with van der Waals surface area (Å²) in [5, 5.41) is 8.76. The minimum absolute atomic E-state index is 0.117. The molecule has 0 aliphatic heterocycles. The van der Waals surface area contributed by atoms with E-state index in [1.165, 1.54) is 0 Å². The number of aliphatic hydroxyl groups is 1. The average molecular weight is 222 g/mol. The molecule has 3 nitrogen and oxygen atoms in total. The fourth-order valence-electron chi connectivity index (χ4n) is 1.27. The highest BCUT2D eigenvalue weighted by atomic mass is 16.6. The summed E-state index contributed by atoms with van der Waals surface area (Å²) in [5.74, 6) is -0.317. The van der Waals surface area contributed by atoms with Crippen LogP contribution in [0.2, 0.25) is 0 Å². The molecule has 0 saturated carbocycles. The fraction of sp³-hybridized carbons (Fsp3) is 0.462. The number of carbonyl (C=O) groups is 1. The van der Waals surface area contributed by atoms with Crippen LogP contribution < -0.4 is 0 Å². The standard InChI is InChI=1S/C13H18O3/c1-13(2,3)16-12(15)11-6-4-10(5-7-11)8-9-14/h4-7,14H,8-9H2,1-3H3. The summed E-state index contributed by atoms with van der Waals surface area (Å²) < 4.78 is 5.24. The summed E-state index contributed by atoms with van der Waals surface area (Å²) in [6, 6.07) is 7.10. The molecule has 0 heterocycles. The molecule has 16 heavy (non-hydrogen) atoms. The van der Waals surface area contributed by atoms with Gasteiger partial charge in [0.15, 0.2) is 0 Å². The predicted octanol–water partition coefficient (Wildman–Crippen LogP) is 2.18. The Hall–Kier alpha value is -1.35. The summed E-state index contributed by atoms with van der Waals surface area (Å²) in [5.41, 5.74) is 1.08. The van der Waals surface area contributed by atoms with E-state index in [2.05, 4.69) is 0 Å². The Morgan fingerprint density at radius 1 is 1.25 bits per heavy atom. The van der Waals surface area contributed by atoms with E-state index in [4.69, 9.17) is 9.84 Å². The molecule has 1 rings (SSSR count). The van der Waals surface area contributed by atoms with E-state index in [-0.39, 0.29) is 12.6 Å². The molecule has 0 saturated heterocycles. The van der Waals surface area contributed by atoms with E-state index < -0.39 is 5.60 Å². The topological polar surface area (TPSA) is 46.5 Å². The minimum Gasteiger partial charge on any atom is -0.456 e. The minimum atomic E-state index is -0.471. The smallest absolute Gasteiger partial charge is 0.338 e. The molecule has 1 N–H and O–H groups in total. The molecule has 0 aliphatic rings. The molecule has 0 atom stereocenters. The molecule has 0 bridgehead atoms. The molecular weight excluding hydrogens is 204 g/mol. The highest BCUT2D eigenvalue weighted by Crippen LogP contribution is 2.12. The Balaban J connectivity index is 2.70. The van der Waals surface area contributed by atoms with Crippen molar-refractivity contribution in [2.75, 3.05) is 6.61 Å². The third-order valence-corrected chi connectivity index (χ3v) is 1.99. The van der Waals surface area contributed by atoms with Gasteiger partial charge in [-0.25, -0.2) is 4.79 Å². The van der Waals surface area contributed by atoms with Crippen LogP contribution in [0.3, 0.4) is 0 Å². The lowest BCUT2D eigenvalue weighted by Gasteiger charge is -2.19. The van der Waals surface area contributed by atoms with E-state index >= 15 is 0 Å². The summed E-state index contributed by atoms with van der Waals surface area (Å²) in [6.07, 6.45) is 0.606. The van der Waals surface area contributed by atoms with Crippen molar-refractivity contribution in [2.24, 2.45) is 0 Å². The number of benzene rings is 1. The van der Waals surface area contributed by atoms with Crippen LogP contribution in [0.4, 0.5) is 0 Å². The van der Waals surface area contributed by atoms with E-state index in [0.717, 1.165) is 5.56 Å². The molecule has 3 heteroatoms. The zero-order chi connectivity index (χ0) is 12.2. The maximum absolute atomic E-state index is 11.7. The van der Waals surface area contributed by atoms with E-state index in [9.17, 15) is 4.79 Å². The molecule has 0 unspecified atom stereocenters. The third-order valence-electron chi connectivity index (χ3n) is 1.99. The number of ether oxygens (including phenoxy) is 1. The quantitative estimate of drug-likeness (QED) is 0.797. The van der Waals surface area contributed by atoms with Gasteiger partial charge in [0.05, 0.1) is 5.56 Å². The third kappa shape index (κ3) is 4.03. The van der Waals surface area contributed by atoms with E-state index in [0.29, 0.717) is 12.0 Å². The molecular formula is C13H18O3. The predicted molar refractivity (Wildman–Crippen MR) is 62.4 cm³/mol. The number of carbonyl (C=O) groups excluding carboxylic acids is 1. The molecule has 1 aromatic carbocycles. The van der Waals surface area contributed by atoms with Gasteiger partial charge in [-0.3, -0.25) is 0 Å². The Bertz CT molecular complexity index is 346. The van der Waals surface area contributed by atoms with Crippen LogP contribution in [-0.2, 0) is 11.2 Å². The van der Waals surface area contributed by atoms with Gasteiger partial charge in [-0.15, -0.1) is 0 Å². The molecule has 0 amide bonds. The van der Waals surface area contributed by atoms with Gasteiger partial charge < -0.3 is 9.84 Å². The van der Waals surface area contributed by atoms with Crippen molar-refractivity contribution >= 4 is 5.97 Å². The normalized spacial score (nSPS) is 11.2. The van der Waals surface area contributed by atoms with Gasteiger partial charge >= 0.3 is 5.97 Å². The van der Waals surface area contributed by atoms with Gasteiger partial charge in [-0.2, -0.15) is 0 Å². The zero-order valence-corrected chi connectivity index (χ0v) is 9.99. The molecule has 0 aromatic heterocycles. The molecule has 88 valence electrons. The summed E-state index contributed by atoms with van der Waals surface area (Å²) in [6.45, 7) is 5.63. The summed E-state index contributed by atoms with van der Waals surface area (Å²) >= 11 is 0. The maximum atomic E-state index is 11.7. The van der Waals surface area contributed by atoms with Gasteiger partial charge in [0.2, 0.25) is 0 Å². The van der Waals surface area contributed by atoms with Crippen molar-refractivity contribution in [2.45, 2.75) is 32.8 Å². The van der Waals surface area contributed by atoms with Crippen LogP contribution in [0.5, 0.6) is 0 Å². The van der Waals surface area contributed by atoms with E-state index in [1.54, 1.807) is 12.1 Å². The monoisotopic (exact) mass is 222 g/mol. The molecule has 1 aromatic rings. The van der Waals surface area contributed by atoms with Crippen LogP contribution in [0, 0.1) is 0 Å². The lowest BCUT2D eigenvalue weighted by atomic mass is 10.1. The van der Waals surface area contributed by atoms with Crippen LogP contribution >= 0.6 is 0 Å². The highest BCUT2D eigenvalue weighted by Gasteiger charge is 2.17. The van der Waals surface area contributed by atoms with Crippen molar-refractivity contribution in [3.63, 3.8) is 0 Å². The zero-order valence-electron chi connectivity index (χ0n) is 9.99. The van der Waals surface area contributed by atoms with E-state index in [1.807, 2.05) is 32.9 Å². The second-order valence-corrected chi connectivity index (χ2v) is 4.67. The second-order valence-electron chi connectivity index (χ2n) is 4.67. The highest BCUT2D eigenvalue weighted by molar-refractivity contribution is 5.89. The number of aliphatic hydroxyl groups excluding tert-OH is 1. The Kier molecular flexibility index (Phi) is 4.07. The first-order valence-corrected chi connectivity index (χ1v) is 5.35. The van der Waals surface area contributed by atoms with Gasteiger partial charge in [0, 0.05) is 6.61 Å². The van der Waals surface area contributed by atoms with Crippen molar-refractivity contribution in [1.29, 1.82) is 0 Å². The average Bonchev–Trinajstić information content (AvgIpc) is 2.16. The molecule has 0 radical (unpaired) electrons. The number of hydrogen-bond donors (Lipinski definition) is 1. The first-order valence-electron chi connectivity index (χ1n) is 5.35. The SMILES string of the molecule is CC(C)(C)OC(=O)c1ccc(CCO)cc1. The fourth-order valence-corrected chi connectivity index (χ4v) is 1.27. The van der Waals surface area contributed by atoms with Gasteiger partial charge in [-0.1, -0.05) is 12.1 Å². The second kappa shape index (κ2) is 5.12. The molecule has 0 fully saturated rings. The number of hydrogen-bond acceptors (Lipinski definition) is 3. The first kappa shape index (κ1) is 12.7. The van der Waals surface area contributed by atoms with Crippen molar-refractivity contribution in [3.8, 4) is 0 Å². The summed E-state index contributed by atoms with van der Waals surface area (Å²) in [4.78, 5) is 11.7. The van der Waals surface area contributed by atoms with Gasteiger partial charge in [0.1, 0.15) is 5.60 Å². The lowest BCUT2D eigenvalue weighted by molar-refractivity contribution is 0.00695. The Labute approximate surface area is 96.1 Å². The largest absolute Gasteiger partial charge is 0.456 e. The lowest BCUT2D eigenvalue weighted by Crippen LogP contribution is -2.23. The van der Waals surface area contributed by atoms with Gasteiger partial charge in [0.25, 0.3) is 0 Å². The Morgan fingerprint density at radius 2 is 1.81 bits per heavy atom. The van der Waals surface area contributed by atoms with Gasteiger partial charge in [-0.05, 0) is 44.9 Å². The Morgan fingerprint density at radius 3 is 2.25 bits per heavy atom. The molecule has 0 spiro atoms. The van der Waals surface area contributed by atoms with Crippen molar-refractivity contribution < 1.29 is 14.6 Å².